The molecule has 0 aliphatic carbocycles. The average Bonchev–Trinajstić information content (AvgIpc) is 2.43. The Hall–Kier alpha value is -1.14. The molecule has 0 aliphatic heterocycles. The summed E-state index contributed by atoms with van der Waals surface area (Å²) in [6.07, 6.45) is 7.68. The van der Waals surface area contributed by atoms with Gasteiger partial charge in [-0.1, -0.05) is 17.5 Å². The van der Waals surface area contributed by atoms with Crippen LogP contribution in [-0.4, -0.2) is 16.4 Å². The first-order valence-corrected chi connectivity index (χ1v) is 4.26. The minimum atomic E-state index is 0.177. The molecule has 0 atom stereocenters. The quantitative estimate of drug-likeness (QED) is 0.693. The smallest absolute Gasteiger partial charge is 0.233 e. The van der Waals surface area contributed by atoms with Gasteiger partial charge in [0.05, 0.1) is 6.04 Å². The van der Waals surface area contributed by atoms with E-state index < -0.39 is 0 Å². The lowest BCUT2D eigenvalue weighted by atomic mass is 10.4. The molecule has 4 heteroatoms. The molecule has 1 rings (SSSR count). The Balaban J connectivity index is 2.89. The standard InChI is InChI=1S/C9H10ClN2O/c1-4-5-13-9-8(10)6-11-12(9)7(2)3/h1,7H,5H2,2-3H3. The summed E-state index contributed by atoms with van der Waals surface area (Å²) < 4.78 is 6.86. The average molecular weight is 198 g/mol. The topological polar surface area (TPSA) is 27.1 Å². The predicted molar refractivity (Wildman–Crippen MR) is 50.8 cm³/mol. The van der Waals surface area contributed by atoms with Crippen molar-refractivity contribution in [3.63, 3.8) is 0 Å². The fraction of sp³-hybridized carbons (Fsp3) is 0.444. The summed E-state index contributed by atoms with van der Waals surface area (Å²) in [5, 5.41) is 4.30. The number of halogens is 1. The maximum Gasteiger partial charge on any atom is 0.233 e. The number of hydrogen-bond donors (Lipinski definition) is 0. The third kappa shape index (κ3) is 2.16. The third-order valence-corrected chi connectivity index (χ3v) is 1.68. The van der Waals surface area contributed by atoms with Crippen LogP contribution < -0.4 is 4.74 Å². The van der Waals surface area contributed by atoms with Crippen molar-refractivity contribution in [2.75, 3.05) is 6.61 Å². The molecule has 1 heterocycles. The van der Waals surface area contributed by atoms with Crippen molar-refractivity contribution in [1.82, 2.24) is 9.78 Å². The first-order valence-electron chi connectivity index (χ1n) is 3.88. The number of rotatable bonds is 3. The lowest BCUT2D eigenvalue weighted by Crippen LogP contribution is -2.07. The van der Waals surface area contributed by atoms with Gasteiger partial charge in [-0.15, -0.1) is 6.42 Å². The molecule has 3 nitrogen and oxygen atoms in total. The molecule has 0 spiro atoms. The Kier molecular flexibility index (Phi) is 3.21. The van der Waals surface area contributed by atoms with Gasteiger partial charge in [-0.3, -0.25) is 0 Å². The van der Waals surface area contributed by atoms with Crippen LogP contribution in [0, 0.1) is 18.5 Å². The van der Waals surface area contributed by atoms with Gasteiger partial charge in [0.1, 0.15) is 11.2 Å². The van der Waals surface area contributed by atoms with Crippen LogP contribution in [0.25, 0.3) is 0 Å². The molecule has 1 aromatic rings. The van der Waals surface area contributed by atoms with Crippen LogP contribution in [0.15, 0.2) is 0 Å². The van der Waals surface area contributed by atoms with Crippen molar-refractivity contribution in [2.45, 2.75) is 19.9 Å². The number of ether oxygens (including phenoxy) is 1. The van der Waals surface area contributed by atoms with Gasteiger partial charge in [-0.2, -0.15) is 5.10 Å². The molecule has 0 amide bonds. The molecule has 1 radical (unpaired) electrons. The lowest BCUT2D eigenvalue weighted by Gasteiger charge is -2.10. The lowest BCUT2D eigenvalue weighted by molar-refractivity contribution is 0.314. The predicted octanol–water partition coefficient (Wildman–Crippen LogP) is 1.93. The zero-order chi connectivity index (χ0) is 9.84. The molecule has 0 unspecified atom stereocenters. The van der Waals surface area contributed by atoms with Crippen LogP contribution in [-0.2, 0) is 0 Å². The van der Waals surface area contributed by atoms with Gasteiger partial charge in [0.15, 0.2) is 6.61 Å². The summed E-state index contributed by atoms with van der Waals surface area (Å²) in [6.45, 7) is 4.13. The molecular weight excluding hydrogens is 188 g/mol. The minimum Gasteiger partial charge on any atom is -0.464 e. The number of aromatic nitrogens is 2. The highest BCUT2D eigenvalue weighted by molar-refractivity contribution is 6.31. The van der Waals surface area contributed by atoms with Crippen LogP contribution >= 0.6 is 11.6 Å². The molecule has 0 fully saturated rings. The van der Waals surface area contributed by atoms with E-state index in [9.17, 15) is 0 Å². The van der Waals surface area contributed by atoms with Crippen molar-refractivity contribution in [3.8, 4) is 18.2 Å². The van der Waals surface area contributed by atoms with Gasteiger partial charge in [0, 0.05) is 0 Å². The summed E-state index contributed by atoms with van der Waals surface area (Å²) in [5.74, 6) is 2.84. The van der Waals surface area contributed by atoms with Crippen LogP contribution in [0.3, 0.4) is 0 Å². The molecule has 0 saturated heterocycles. The summed E-state index contributed by atoms with van der Waals surface area (Å²) in [4.78, 5) is 0. The maximum absolute atomic E-state index is 5.79. The van der Waals surface area contributed by atoms with Crippen LogP contribution in [0.5, 0.6) is 5.88 Å². The third-order valence-electron chi connectivity index (χ3n) is 1.43. The first kappa shape index (κ1) is 9.94. The van der Waals surface area contributed by atoms with E-state index in [1.165, 1.54) is 0 Å². The van der Waals surface area contributed by atoms with E-state index in [4.69, 9.17) is 22.8 Å². The normalized spacial score (nSPS) is 10.1. The Morgan fingerprint density at radius 3 is 3.00 bits per heavy atom. The van der Waals surface area contributed by atoms with E-state index in [0.29, 0.717) is 10.9 Å². The molecule has 0 N–H and O–H groups in total. The van der Waals surface area contributed by atoms with Crippen molar-refractivity contribution in [3.05, 3.63) is 11.2 Å². The van der Waals surface area contributed by atoms with Crippen LogP contribution in [0.2, 0.25) is 5.02 Å². The van der Waals surface area contributed by atoms with Gasteiger partial charge >= 0.3 is 0 Å². The van der Waals surface area contributed by atoms with Crippen LogP contribution in [0.1, 0.15) is 19.9 Å². The van der Waals surface area contributed by atoms with E-state index in [2.05, 4.69) is 17.2 Å². The fourth-order valence-corrected chi connectivity index (χ4v) is 1.06. The van der Waals surface area contributed by atoms with Gasteiger partial charge in [0.25, 0.3) is 0 Å². The number of terminal acetylenes is 1. The number of nitrogens with zero attached hydrogens (tertiary/aromatic N) is 2. The first-order chi connectivity index (χ1) is 6.16. The minimum absolute atomic E-state index is 0.177. The van der Waals surface area contributed by atoms with Crippen molar-refractivity contribution < 1.29 is 4.74 Å². The largest absolute Gasteiger partial charge is 0.464 e. The van der Waals surface area contributed by atoms with Gasteiger partial charge in [-0.05, 0) is 13.8 Å². The second-order valence-corrected chi connectivity index (χ2v) is 3.14. The van der Waals surface area contributed by atoms with Crippen molar-refractivity contribution in [2.24, 2.45) is 0 Å². The molecule has 1 aromatic heterocycles. The fourth-order valence-electron chi connectivity index (χ4n) is 0.881. The molecule has 69 valence electrons. The van der Waals surface area contributed by atoms with E-state index in [-0.39, 0.29) is 12.6 Å². The molecule has 0 saturated carbocycles. The Bertz CT molecular complexity index is 325. The zero-order valence-corrected chi connectivity index (χ0v) is 8.30. The highest BCUT2D eigenvalue weighted by Gasteiger charge is 2.12. The monoisotopic (exact) mass is 197 g/mol. The molecule has 0 aliphatic rings. The summed E-state index contributed by atoms with van der Waals surface area (Å²) in [6, 6.07) is 0.177. The van der Waals surface area contributed by atoms with E-state index in [0.717, 1.165) is 0 Å². The maximum atomic E-state index is 5.79. The summed E-state index contributed by atoms with van der Waals surface area (Å²) in [5.41, 5.74) is 0. The highest BCUT2D eigenvalue weighted by Crippen LogP contribution is 2.25. The zero-order valence-electron chi connectivity index (χ0n) is 7.54. The summed E-state index contributed by atoms with van der Waals surface area (Å²) >= 11 is 5.79. The number of hydrogen-bond acceptors (Lipinski definition) is 2. The molecule has 0 aromatic carbocycles. The Morgan fingerprint density at radius 1 is 1.77 bits per heavy atom. The van der Waals surface area contributed by atoms with Gasteiger partial charge in [0.2, 0.25) is 5.88 Å². The van der Waals surface area contributed by atoms with Gasteiger partial charge < -0.3 is 4.74 Å². The van der Waals surface area contributed by atoms with Crippen molar-refractivity contribution >= 4 is 11.6 Å². The SMILES string of the molecule is C#CCOc1c(Cl)[c]nn1C(C)C. The Labute approximate surface area is 82.6 Å². The van der Waals surface area contributed by atoms with Crippen LogP contribution in [0.4, 0.5) is 0 Å². The Morgan fingerprint density at radius 2 is 2.46 bits per heavy atom. The summed E-state index contributed by atoms with van der Waals surface area (Å²) in [7, 11) is 0. The van der Waals surface area contributed by atoms with Gasteiger partial charge in [-0.25, -0.2) is 4.68 Å². The molecule has 0 bridgehead atoms. The second-order valence-electron chi connectivity index (χ2n) is 2.76. The van der Waals surface area contributed by atoms with E-state index in [1.807, 2.05) is 13.8 Å². The highest BCUT2D eigenvalue weighted by atomic mass is 35.5. The second kappa shape index (κ2) is 4.20. The van der Waals surface area contributed by atoms with E-state index >= 15 is 0 Å². The van der Waals surface area contributed by atoms with Crippen molar-refractivity contribution in [1.29, 1.82) is 0 Å². The molecule has 13 heavy (non-hydrogen) atoms. The molecular formula is C9H10ClN2O. The van der Waals surface area contributed by atoms with E-state index in [1.54, 1.807) is 4.68 Å².